The predicted molar refractivity (Wildman–Crippen MR) is 124 cm³/mol. The van der Waals surface area contributed by atoms with Gasteiger partial charge in [-0.3, -0.25) is 0 Å². The Balaban J connectivity index is 0.000000575. The number of halogens is 4. The highest BCUT2D eigenvalue weighted by Gasteiger charge is 2.42. The van der Waals surface area contributed by atoms with E-state index in [4.69, 9.17) is 0 Å². The SMILES string of the molecule is CCCCC(c1ccccc1)C([PH3+])(c1ccccc1)c1ccccc1.F[B-](F)(F)F. The van der Waals surface area contributed by atoms with Crippen molar-refractivity contribution in [1.29, 1.82) is 0 Å². The Bertz CT molecular complexity index is 809. The van der Waals surface area contributed by atoms with E-state index >= 15 is 0 Å². The molecule has 0 aliphatic heterocycles. The van der Waals surface area contributed by atoms with E-state index in [0.717, 1.165) is 0 Å². The van der Waals surface area contributed by atoms with Gasteiger partial charge in [-0.2, -0.15) is 0 Å². The lowest BCUT2D eigenvalue weighted by Crippen LogP contribution is -2.29. The maximum Gasteiger partial charge on any atom is 0.673 e. The standard InChI is InChI=1S/C24H27P.BF4/c1-2-3-19-23(20-13-7-4-8-14-20)24(25,21-15-9-5-10-16-21)22-17-11-6-12-18-22;2-1(3,4)5/h4-18,23H,2-3,19,25H2,1H3;/q;-1/p+1. The molecule has 0 aromatic heterocycles. The molecule has 0 spiro atoms. The van der Waals surface area contributed by atoms with Gasteiger partial charge in [0.1, 0.15) is 5.16 Å². The van der Waals surface area contributed by atoms with Crippen molar-refractivity contribution in [2.75, 3.05) is 0 Å². The maximum absolute atomic E-state index is 9.75. The van der Waals surface area contributed by atoms with Crippen molar-refractivity contribution in [3.05, 3.63) is 108 Å². The van der Waals surface area contributed by atoms with Gasteiger partial charge in [-0.1, -0.05) is 111 Å². The summed E-state index contributed by atoms with van der Waals surface area (Å²) in [6.07, 6.45) is 3.68. The van der Waals surface area contributed by atoms with Gasteiger partial charge in [0, 0.05) is 5.92 Å². The van der Waals surface area contributed by atoms with Crippen LogP contribution in [0.2, 0.25) is 0 Å². The van der Waals surface area contributed by atoms with E-state index in [0.29, 0.717) is 5.92 Å². The molecule has 2 atom stereocenters. The van der Waals surface area contributed by atoms with Crippen molar-refractivity contribution in [1.82, 2.24) is 0 Å². The zero-order valence-electron chi connectivity index (χ0n) is 17.2. The number of benzene rings is 3. The molecule has 0 N–H and O–H groups in total. The second-order valence-electron chi connectivity index (χ2n) is 7.30. The van der Waals surface area contributed by atoms with Crippen LogP contribution >= 0.6 is 9.24 Å². The lowest BCUT2D eigenvalue weighted by molar-refractivity contribution is 0.368. The minimum atomic E-state index is -6.00. The van der Waals surface area contributed by atoms with Gasteiger partial charge in [0.15, 0.2) is 0 Å². The quantitative estimate of drug-likeness (QED) is 0.202. The predicted octanol–water partition coefficient (Wildman–Crippen LogP) is 7.81. The molecule has 160 valence electrons. The minimum absolute atomic E-state index is 0.0148. The lowest BCUT2D eigenvalue weighted by atomic mass is 9.74. The zero-order valence-corrected chi connectivity index (χ0v) is 18.6. The monoisotopic (exact) mass is 434 g/mol. The normalized spacial score (nSPS) is 12.7. The first kappa shape index (κ1) is 24.1. The summed E-state index contributed by atoms with van der Waals surface area (Å²) in [5.74, 6) is 0.469. The summed E-state index contributed by atoms with van der Waals surface area (Å²) in [5, 5.41) is -0.0148. The van der Waals surface area contributed by atoms with Crippen LogP contribution in [0, 0.1) is 0 Å². The molecule has 0 nitrogen and oxygen atoms in total. The van der Waals surface area contributed by atoms with Crippen molar-refractivity contribution in [3.63, 3.8) is 0 Å². The van der Waals surface area contributed by atoms with Gasteiger partial charge in [-0.05, 0) is 32.4 Å². The van der Waals surface area contributed by atoms with E-state index in [-0.39, 0.29) is 5.16 Å². The molecule has 3 aromatic carbocycles. The Morgan fingerprint density at radius 1 is 0.733 bits per heavy atom. The van der Waals surface area contributed by atoms with Gasteiger partial charge in [-0.25, -0.2) is 0 Å². The van der Waals surface area contributed by atoms with Crippen molar-refractivity contribution in [2.45, 2.75) is 37.3 Å². The molecule has 6 heteroatoms. The van der Waals surface area contributed by atoms with Gasteiger partial charge >= 0.3 is 7.25 Å². The van der Waals surface area contributed by atoms with Gasteiger partial charge in [0.2, 0.25) is 0 Å². The van der Waals surface area contributed by atoms with Crippen molar-refractivity contribution < 1.29 is 17.3 Å². The third-order valence-corrected chi connectivity index (χ3v) is 6.53. The average Bonchev–Trinajstić information content (AvgIpc) is 2.74. The maximum atomic E-state index is 9.75. The van der Waals surface area contributed by atoms with Gasteiger partial charge in [-0.15, -0.1) is 0 Å². The van der Waals surface area contributed by atoms with E-state index in [1.807, 2.05) is 0 Å². The smallest absolute Gasteiger partial charge is 0.418 e. The molecule has 0 fully saturated rings. The molecule has 3 rings (SSSR count). The van der Waals surface area contributed by atoms with Crippen LogP contribution in [0.25, 0.3) is 0 Å². The van der Waals surface area contributed by atoms with Gasteiger partial charge in [0.05, 0.1) is 0 Å². The van der Waals surface area contributed by atoms with Gasteiger partial charge < -0.3 is 17.3 Å². The Morgan fingerprint density at radius 2 is 1.10 bits per heavy atom. The van der Waals surface area contributed by atoms with Crippen LogP contribution in [0.5, 0.6) is 0 Å². The molecule has 0 aliphatic rings. The molecule has 0 heterocycles. The number of rotatable bonds is 7. The van der Waals surface area contributed by atoms with Crippen LogP contribution in [0.4, 0.5) is 17.3 Å². The number of hydrogen-bond acceptors (Lipinski definition) is 0. The highest BCUT2D eigenvalue weighted by Crippen LogP contribution is 2.51. The summed E-state index contributed by atoms with van der Waals surface area (Å²) in [4.78, 5) is 0. The molecule has 0 bridgehead atoms. The molecular weight excluding hydrogens is 406 g/mol. The molecule has 2 unspecified atom stereocenters. The first-order valence-corrected chi connectivity index (χ1v) is 10.9. The third kappa shape index (κ3) is 6.99. The summed E-state index contributed by atoms with van der Waals surface area (Å²) in [5.41, 5.74) is 4.26. The minimum Gasteiger partial charge on any atom is -0.418 e. The molecular formula is C24H28BF4P. The fraction of sp³-hybridized carbons (Fsp3) is 0.250. The molecule has 3 aromatic rings. The summed E-state index contributed by atoms with van der Waals surface area (Å²) in [7, 11) is -3.85. The Kier molecular flexibility index (Phi) is 9.11. The summed E-state index contributed by atoms with van der Waals surface area (Å²) >= 11 is 0. The van der Waals surface area contributed by atoms with E-state index in [1.54, 1.807) is 0 Å². The second kappa shape index (κ2) is 11.3. The highest BCUT2D eigenvalue weighted by atomic mass is 31.0. The van der Waals surface area contributed by atoms with Gasteiger partial charge in [0.25, 0.3) is 0 Å². The largest absolute Gasteiger partial charge is 0.673 e. The lowest BCUT2D eigenvalue weighted by Gasteiger charge is -2.35. The van der Waals surface area contributed by atoms with E-state index in [1.165, 1.54) is 36.0 Å². The van der Waals surface area contributed by atoms with E-state index in [9.17, 15) is 17.3 Å². The van der Waals surface area contributed by atoms with Crippen LogP contribution < -0.4 is 0 Å². The molecule has 0 saturated carbocycles. The van der Waals surface area contributed by atoms with E-state index in [2.05, 4.69) is 107 Å². The Hall–Kier alpha value is -2.13. The summed E-state index contributed by atoms with van der Waals surface area (Å²) < 4.78 is 39.0. The fourth-order valence-electron chi connectivity index (χ4n) is 3.83. The summed E-state index contributed by atoms with van der Waals surface area (Å²) in [6.45, 7) is 2.28. The third-order valence-electron chi connectivity index (χ3n) is 5.22. The molecule has 0 saturated heterocycles. The Labute approximate surface area is 179 Å². The topological polar surface area (TPSA) is 0 Å². The van der Waals surface area contributed by atoms with Crippen LogP contribution in [0.3, 0.4) is 0 Å². The zero-order chi connectivity index (χ0) is 22.0. The van der Waals surface area contributed by atoms with Crippen LogP contribution in [0.1, 0.15) is 48.8 Å². The fourth-order valence-corrected chi connectivity index (χ4v) is 4.74. The van der Waals surface area contributed by atoms with Crippen molar-refractivity contribution >= 4 is 16.5 Å². The van der Waals surface area contributed by atoms with Crippen LogP contribution in [-0.4, -0.2) is 7.25 Å². The summed E-state index contributed by atoms with van der Waals surface area (Å²) in [6, 6.07) is 33.1. The molecule has 30 heavy (non-hydrogen) atoms. The molecule has 0 aliphatic carbocycles. The highest BCUT2D eigenvalue weighted by molar-refractivity contribution is 7.19. The van der Waals surface area contributed by atoms with E-state index < -0.39 is 7.25 Å². The first-order valence-electron chi connectivity index (χ1n) is 10.2. The Morgan fingerprint density at radius 3 is 1.47 bits per heavy atom. The van der Waals surface area contributed by atoms with Crippen molar-refractivity contribution in [2.24, 2.45) is 0 Å². The van der Waals surface area contributed by atoms with Crippen molar-refractivity contribution in [3.8, 4) is 0 Å². The molecule has 0 radical (unpaired) electrons. The van der Waals surface area contributed by atoms with Crippen LogP contribution in [-0.2, 0) is 5.16 Å². The van der Waals surface area contributed by atoms with Crippen LogP contribution in [0.15, 0.2) is 91.0 Å². The number of hydrogen-bond donors (Lipinski definition) is 0. The first-order chi connectivity index (χ1) is 14.3. The average molecular weight is 434 g/mol. The second-order valence-corrected chi connectivity index (χ2v) is 8.42. The molecule has 0 amide bonds. The number of unbranched alkanes of at least 4 members (excludes halogenated alkanes) is 1.